The van der Waals surface area contributed by atoms with Crippen molar-refractivity contribution >= 4 is 57.1 Å². The zero-order valence-corrected chi connectivity index (χ0v) is 19.1. The van der Waals surface area contributed by atoms with Gasteiger partial charge in [0.05, 0.1) is 22.0 Å². The second kappa shape index (κ2) is 10.2. The van der Waals surface area contributed by atoms with Gasteiger partial charge in [-0.3, -0.25) is 19.7 Å². The average Bonchev–Trinajstić information content (AvgIpc) is 3.11. The summed E-state index contributed by atoms with van der Waals surface area (Å²) >= 11 is 6.79. The van der Waals surface area contributed by atoms with Crippen molar-refractivity contribution in [3.8, 4) is 0 Å². The Hall–Kier alpha value is -3.76. The molecule has 9 nitrogen and oxygen atoms in total. The SMILES string of the molecule is CCOC(=O)c1c(NC(=O)c2ccc([N+](=O)[O-])cc2)sc(C(=O)Nc2ccc(Cl)cc2)c1C. The number of hydrogen-bond donors (Lipinski definition) is 2. The monoisotopic (exact) mass is 487 g/mol. The van der Waals surface area contributed by atoms with E-state index in [1.54, 1.807) is 38.1 Å². The molecule has 0 saturated carbocycles. The van der Waals surface area contributed by atoms with Crippen LogP contribution in [0.4, 0.5) is 16.4 Å². The van der Waals surface area contributed by atoms with Gasteiger partial charge in [0.2, 0.25) is 0 Å². The van der Waals surface area contributed by atoms with E-state index in [0.29, 0.717) is 16.3 Å². The van der Waals surface area contributed by atoms with Crippen molar-refractivity contribution in [3.63, 3.8) is 0 Å². The van der Waals surface area contributed by atoms with Gasteiger partial charge >= 0.3 is 5.97 Å². The van der Waals surface area contributed by atoms with Crippen LogP contribution in [-0.2, 0) is 4.74 Å². The summed E-state index contributed by atoms with van der Waals surface area (Å²) in [4.78, 5) is 48.6. The van der Waals surface area contributed by atoms with Crippen LogP contribution in [-0.4, -0.2) is 29.3 Å². The number of thiophene rings is 1. The van der Waals surface area contributed by atoms with Gasteiger partial charge in [0.15, 0.2) is 0 Å². The molecule has 2 amide bonds. The lowest BCUT2D eigenvalue weighted by Crippen LogP contribution is -2.15. The number of halogens is 1. The van der Waals surface area contributed by atoms with Crippen LogP contribution >= 0.6 is 22.9 Å². The molecule has 33 heavy (non-hydrogen) atoms. The van der Waals surface area contributed by atoms with Crippen molar-refractivity contribution in [1.29, 1.82) is 0 Å². The number of amides is 2. The van der Waals surface area contributed by atoms with Gasteiger partial charge in [0, 0.05) is 28.4 Å². The fourth-order valence-corrected chi connectivity index (χ4v) is 4.11. The Kier molecular flexibility index (Phi) is 7.41. The third-order valence-electron chi connectivity index (χ3n) is 4.50. The van der Waals surface area contributed by atoms with Gasteiger partial charge in [0.1, 0.15) is 5.00 Å². The molecule has 1 aromatic heterocycles. The number of nitrogens with zero attached hydrogens (tertiary/aromatic N) is 1. The van der Waals surface area contributed by atoms with Gasteiger partial charge < -0.3 is 15.4 Å². The minimum Gasteiger partial charge on any atom is -0.462 e. The van der Waals surface area contributed by atoms with E-state index in [9.17, 15) is 24.5 Å². The largest absolute Gasteiger partial charge is 0.462 e. The minimum absolute atomic E-state index is 0.0679. The first-order chi connectivity index (χ1) is 15.7. The van der Waals surface area contributed by atoms with Crippen molar-refractivity contribution < 1.29 is 24.0 Å². The Bertz CT molecular complexity index is 1220. The highest BCUT2D eigenvalue weighted by Crippen LogP contribution is 2.35. The highest BCUT2D eigenvalue weighted by molar-refractivity contribution is 7.19. The molecule has 1 heterocycles. The molecule has 0 saturated heterocycles. The third kappa shape index (κ3) is 5.54. The molecule has 170 valence electrons. The summed E-state index contributed by atoms with van der Waals surface area (Å²) in [6.07, 6.45) is 0. The number of carbonyl (C=O) groups is 3. The van der Waals surface area contributed by atoms with E-state index in [1.807, 2.05) is 0 Å². The number of carbonyl (C=O) groups excluding carboxylic acids is 3. The Balaban J connectivity index is 1.91. The Morgan fingerprint density at radius 2 is 1.67 bits per heavy atom. The zero-order valence-electron chi connectivity index (χ0n) is 17.5. The van der Waals surface area contributed by atoms with Crippen LogP contribution < -0.4 is 10.6 Å². The standard InChI is InChI=1S/C22H18ClN3O6S/c1-3-32-22(29)17-12(2)18(20(28)24-15-8-6-14(23)7-9-15)33-21(17)25-19(27)13-4-10-16(11-5-13)26(30)31/h4-11H,3H2,1-2H3,(H,24,28)(H,25,27). The molecule has 11 heteroatoms. The van der Waals surface area contributed by atoms with Crippen molar-refractivity contribution in [2.45, 2.75) is 13.8 Å². The Labute approximate surface area is 197 Å². The van der Waals surface area contributed by atoms with Gasteiger partial charge in [0.25, 0.3) is 17.5 Å². The van der Waals surface area contributed by atoms with Gasteiger partial charge in [-0.2, -0.15) is 0 Å². The second-order valence-electron chi connectivity index (χ2n) is 6.70. The molecule has 0 bridgehead atoms. The number of nitro groups is 1. The maximum atomic E-state index is 12.9. The topological polar surface area (TPSA) is 128 Å². The molecular weight excluding hydrogens is 470 g/mol. The highest BCUT2D eigenvalue weighted by atomic mass is 35.5. The summed E-state index contributed by atoms with van der Waals surface area (Å²) in [5.74, 6) is -1.75. The first-order valence-electron chi connectivity index (χ1n) is 9.64. The normalized spacial score (nSPS) is 10.4. The molecule has 0 aliphatic carbocycles. The van der Waals surface area contributed by atoms with Crippen LogP contribution in [0.2, 0.25) is 5.02 Å². The molecule has 0 fully saturated rings. The van der Waals surface area contributed by atoms with Gasteiger partial charge in [-0.1, -0.05) is 11.6 Å². The number of esters is 1. The van der Waals surface area contributed by atoms with Crippen LogP contribution in [0.3, 0.4) is 0 Å². The molecule has 2 aromatic carbocycles. The lowest BCUT2D eigenvalue weighted by molar-refractivity contribution is -0.384. The van der Waals surface area contributed by atoms with Crippen molar-refractivity contribution in [2.75, 3.05) is 17.2 Å². The summed E-state index contributed by atoms with van der Waals surface area (Å²) in [7, 11) is 0. The molecule has 0 spiro atoms. The van der Waals surface area contributed by atoms with E-state index in [1.165, 1.54) is 24.3 Å². The van der Waals surface area contributed by atoms with Crippen LogP contribution in [0.15, 0.2) is 48.5 Å². The summed E-state index contributed by atoms with van der Waals surface area (Å²) in [6.45, 7) is 3.33. The maximum Gasteiger partial charge on any atom is 0.341 e. The van der Waals surface area contributed by atoms with Crippen molar-refractivity contribution in [3.05, 3.63) is 85.2 Å². The predicted molar refractivity (Wildman–Crippen MR) is 125 cm³/mol. The lowest BCUT2D eigenvalue weighted by Gasteiger charge is -2.07. The second-order valence-corrected chi connectivity index (χ2v) is 8.16. The first-order valence-corrected chi connectivity index (χ1v) is 10.8. The van der Waals surface area contributed by atoms with Crippen molar-refractivity contribution in [1.82, 2.24) is 0 Å². The van der Waals surface area contributed by atoms with E-state index in [2.05, 4.69) is 10.6 Å². The Morgan fingerprint density at radius 3 is 2.24 bits per heavy atom. The number of hydrogen-bond acceptors (Lipinski definition) is 7. The molecule has 0 radical (unpaired) electrons. The maximum absolute atomic E-state index is 12.9. The predicted octanol–water partition coefficient (Wildman–Crippen LogP) is 5.30. The number of nitro benzene ring substituents is 1. The molecule has 0 aliphatic rings. The molecule has 0 atom stereocenters. The van der Waals surface area contributed by atoms with Gasteiger partial charge in [-0.25, -0.2) is 4.79 Å². The number of ether oxygens (including phenoxy) is 1. The number of rotatable bonds is 7. The summed E-state index contributed by atoms with van der Waals surface area (Å²) in [6, 6.07) is 11.5. The Morgan fingerprint density at radius 1 is 1.03 bits per heavy atom. The number of anilines is 2. The summed E-state index contributed by atoms with van der Waals surface area (Å²) < 4.78 is 5.10. The van der Waals surface area contributed by atoms with Crippen LogP contribution in [0.1, 0.15) is 42.9 Å². The van der Waals surface area contributed by atoms with E-state index in [0.717, 1.165) is 11.3 Å². The third-order valence-corrected chi connectivity index (χ3v) is 5.96. The summed E-state index contributed by atoms with van der Waals surface area (Å²) in [5.41, 5.74) is 0.911. The highest BCUT2D eigenvalue weighted by Gasteiger charge is 2.27. The molecular formula is C22H18ClN3O6S. The average molecular weight is 488 g/mol. The molecule has 0 unspecified atom stereocenters. The molecule has 3 aromatic rings. The van der Waals surface area contributed by atoms with E-state index in [-0.39, 0.29) is 33.3 Å². The fourth-order valence-electron chi connectivity index (χ4n) is 2.90. The molecule has 0 aliphatic heterocycles. The van der Waals surface area contributed by atoms with Gasteiger partial charge in [-0.15, -0.1) is 11.3 Å². The molecule has 3 rings (SSSR count). The quantitative estimate of drug-likeness (QED) is 0.264. The van der Waals surface area contributed by atoms with Crippen LogP contribution in [0, 0.1) is 17.0 Å². The number of non-ortho nitro benzene ring substituents is 1. The fraction of sp³-hybridized carbons (Fsp3) is 0.136. The minimum atomic E-state index is -0.684. The lowest BCUT2D eigenvalue weighted by atomic mass is 10.1. The van der Waals surface area contributed by atoms with Gasteiger partial charge in [-0.05, 0) is 55.8 Å². The number of nitrogens with one attached hydrogen (secondary N) is 2. The van der Waals surface area contributed by atoms with E-state index in [4.69, 9.17) is 16.3 Å². The number of benzene rings is 2. The first kappa shape index (κ1) is 23.9. The zero-order chi connectivity index (χ0) is 24.1. The van der Waals surface area contributed by atoms with Crippen LogP contribution in [0.5, 0.6) is 0 Å². The summed E-state index contributed by atoms with van der Waals surface area (Å²) in [5, 5.41) is 16.8. The van der Waals surface area contributed by atoms with Crippen LogP contribution in [0.25, 0.3) is 0 Å². The van der Waals surface area contributed by atoms with Crippen molar-refractivity contribution in [2.24, 2.45) is 0 Å². The molecule has 2 N–H and O–H groups in total. The van der Waals surface area contributed by atoms with E-state index >= 15 is 0 Å². The van der Waals surface area contributed by atoms with E-state index < -0.39 is 22.7 Å². The smallest absolute Gasteiger partial charge is 0.341 e.